The van der Waals surface area contributed by atoms with Crippen molar-refractivity contribution in [2.24, 2.45) is 5.92 Å². The van der Waals surface area contributed by atoms with E-state index in [4.69, 9.17) is 4.74 Å². The molecule has 0 radical (unpaired) electrons. The summed E-state index contributed by atoms with van der Waals surface area (Å²) in [6.45, 7) is 7.55. The highest BCUT2D eigenvalue weighted by atomic mass is 16.5. The minimum Gasteiger partial charge on any atom is -0.465 e. The number of carbonyl (C=O) groups is 1. The molecule has 0 aromatic heterocycles. The molecule has 20 heavy (non-hydrogen) atoms. The number of esters is 1. The maximum absolute atomic E-state index is 11.3. The first-order chi connectivity index (χ1) is 9.63. The number of benzene rings is 1. The first-order valence-corrected chi connectivity index (χ1v) is 7.09. The Morgan fingerprint density at radius 1 is 1.20 bits per heavy atom. The van der Waals surface area contributed by atoms with E-state index in [9.17, 15) is 4.79 Å². The normalized spacial score (nSPS) is 10.8. The summed E-state index contributed by atoms with van der Waals surface area (Å²) in [5, 5.41) is 3.31. The fourth-order valence-electron chi connectivity index (χ4n) is 1.67. The summed E-state index contributed by atoms with van der Waals surface area (Å²) >= 11 is 0. The van der Waals surface area contributed by atoms with E-state index >= 15 is 0 Å². The molecule has 0 saturated heterocycles. The third-order valence-corrected chi connectivity index (χ3v) is 2.97. The van der Waals surface area contributed by atoms with Crippen LogP contribution in [0.2, 0.25) is 0 Å². The van der Waals surface area contributed by atoms with Crippen LogP contribution in [0.1, 0.15) is 36.2 Å². The number of ether oxygens (including phenoxy) is 2. The van der Waals surface area contributed by atoms with E-state index in [-0.39, 0.29) is 5.97 Å². The molecule has 0 atom stereocenters. The number of hydrogen-bond donors (Lipinski definition) is 1. The zero-order chi connectivity index (χ0) is 14.8. The number of methoxy groups -OCH3 is 1. The van der Waals surface area contributed by atoms with Crippen LogP contribution in [0.25, 0.3) is 0 Å². The van der Waals surface area contributed by atoms with Crippen molar-refractivity contribution in [3.8, 4) is 0 Å². The van der Waals surface area contributed by atoms with Gasteiger partial charge in [0.15, 0.2) is 0 Å². The predicted molar refractivity (Wildman–Crippen MR) is 79.8 cm³/mol. The summed E-state index contributed by atoms with van der Waals surface area (Å²) in [5.41, 5.74) is 1.72. The Morgan fingerprint density at radius 2 is 1.90 bits per heavy atom. The van der Waals surface area contributed by atoms with Gasteiger partial charge in [-0.15, -0.1) is 0 Å². The summed E-state index contributed by atoms with van der Waals surface area (Å²) in [4.78, 5) is 11.3. The molecular formula is C16H25NO3. The molecule has 1 N–H and O–H groups in total. The first kappa shape index (κ1) is 16.7. The molecule has 0 amide bonds. The maximum Gasteiger partial charge on any atom is 0.337 e. The highest BCUT2D eigenvalue weighted by Gasteiger charge is 2.03. The van der Waals surface area contributed by atoms with Gasteiger partial charge in [0.1, 0.15) is 0 Å². The van der Waals surface area contributed by atoms with Crippen molar-refractivity contribution in [3.05, 3.63) is 35.4 Å². The van der Waals surface area contributed by atoms with Crippen molar-refractivity contribution < 1.29 is 14.3 Å². The van der Waals surface area contributed by atoms with Crippen LogP contribution in [0.5, 0.6) is 0 Å². The second kappa shape index (κ2) is 9.50. The van der Waals surface area contributed by atoms with Crippen LogP contribution in [0.15, 0.2) is 24.3 Å². The standard InChI is InChI=1S/C16H25NO3/c1-13(2)8-10-20-11-9-17-12-14-4-6-15(7-5-14)16(18)19-3/h4-7,13,17H,8-12H2,1-3H3. The molecule has 1 rings (SSSR count). The van der Waals surface area contributed by atoms with Crippen LogP contribution in [-0.2, 0) is 16.0 Å². The summed E-state index contributed by atoms with van der Waals surface area (Å²) < 4.78 is 10.2. The predicted octanol–water partition coefficient (Wildman–Crippen LogP) is 2.63. The van der Waals surface area contributed by atoms with Gasteiger partial charge in [0.25, 0.3) is 0 Å². The van der Waals surface area contributed by atoms with Gasteiger partial charge in [-0.3, -0.25) is 0 Å². The Labute approximate surface area is 121 Å². The molecule has 112 valence electrons. The molecular weight excluding hydrogens is 254 g/mol. The largest absolute Gasteiger partial charge is 0.465 e. The fraction of sp³-hybridized carbons (Fsp3) is 0.562. The van der Waals surface area contributed by atoms with Gasteiger partial charge in [-0.25, -0.2) is 4.79 Å². The van der Waals surface area contributed by atoms with E-state index < -0.39 is 0 Å². The Balaban J connectivity index is 2.14. The van der Waals surface area contributed by atoms with Crippen LogP contribution in [0.4, 0.5) is 0 Å². The van der Waals surface area contributed by atoms with Crippen molar-refractivity contribution in [2.45, 2.75) is 26.8 Å². The molecule has 0 aliphatic heterocycles. The average molecular weight is 279 g/mol. The van der Waals surface area contributed by atoms with Crippen molar-refractivity contribution >= 4 is 5.97 Å². The van der Waals surface area contributed by atoms with Crippen LogP contribution in [0, 0.1) is 5.92 Å². The van der Waals surface area contributed by atoms with E-state index in [1.54, 1.807) is 12.1 Å². The smallest absolute Gasteiger partial charge is 0.337 e. The number of hydrogen-bond acceptors (Lipinski definition) is 4. The Hall–Kier alpha value is -1.39. The molecule has 0 fully saturated rings. The Morgan fingerprint density at radius 3 is 2.50 bits per heavy atom. The lowest BCUT2D eigenvalue weighted by molar-refractivity contribution is 0.0600. The van der Waals surface area contributed by atoms with Gasteiger partial charge in [-0.05, 0) is 30.0 Å². The van der Waals surface area contributed by atoms with Gasteiger partial charge < -0.3 is 14.8 Å². The van der Waals surface area contributed by atoms with Crippen LogP contribution >= 0.6 is 0 Å². The zero-order valence-electron chi connectivity index (χ0n) is 12.6. The Bertz CT molecular complexity index is 387. The number of rotatable bonds is 9. The quantitative estimate of drug-likeness (QED) is 0.557. The van der Waals surface area contributed by atoms with Crippen molar-refractivity contribution in [1.82, 2.24) is 5.32 Å². The zero-order valence-corrected chi connectivity index (χ0v) is 12.6. The van der Waals surface area contributed by atoms with Gasteiger partial charge >= 0.3 is 5.97 Å². The third-order valence-electron chi connectivity index (χ3n) is 2.97. The fourth-order valence-corrected chi connectivity index (χ4v) is 1.67. The third kappa shape index (κ3) is 6.68. The molecule has 0 saturated carbocycles. The SMILES string of the molecule is COC(=O)c1ccc(CNCCOCCC(C)C)cc1. The second-order valence-electron chi connectivity index (χ2n) is 5.16. The summed E-state index contributed by atoms with van der Waals surface area (Å²) in [7, 11) is 1.39. The molecule has 0 heterocycles. The molecule has 1 aromatic carbocycles. The van der Waals surface area contributed by atoms with Crippen LogP contribution in [-0.4, -0.2) is 32.8 Å². The van der Waals surface area contributed by atoms with Crippen molar-refractivity contribution in [1.29, 1.82) is 0 Å². The van der Waals surface area contributed by atoms with Gasteiger partial charge in [-0.1, -0.05) is 26.0 Å². The molecule has 0 bridgehead atoms. The lowest BCUT2D eigenvalue weighted by atomic mass is 10.1. The minimum atomic E-state index is -0.303. The van der Waals surface area contributed by atoms with E-state index in [2.05, 4.69) is 23.9 Å². The monoisotopic (exact) mass is 279 g/mol. The molecule has 0 aliphatic carbocycles. The van der Waals surface area contributed by atoms with Crippen molar-refractivity contribution in [2.75, 3.05) is 26.9 Å². The second-order valence-corrected chi connectivity index (χ2v) is 5.16. The lowest BCUT2D eigenvalue weighted by Crippen LogP contribution is -2.19. The van der Waals surface area contributed by atoms with Gasteiger partial charge in [0.05, 0.1) is 19.3 Å². The average Bonchev–Trinajstić information content (AvgIpc) is 2.45. The molecule has 0 spiro atoms. The van der Waals surface area contributed by atoms with Crippen LogP contribution in [0.3, 0.4) is 0 Å². The Kier molecular flexibility index (Phi) is 7.92. The maximum atomic E-state index is 11.3. The van der Waals surface area contributed by atoms with Crippen LogP contribution < -0.4 is 5.32 Å². The van der Waals surface area contributed by atoms with E-state index in [1.807, 2.05) is 12.1 Å². The molecule has 0 aliphatic rings. The molecule has 4 nitrogen and oxygen atoms in total. The van der Waals surface area contributed by atoms with Crippen molar-refractivity contribution in [3.63, 3.8) is 0 Å². The minimum absolute atomic E-state index is 0.303. The molecule has 4 heteroatoms. The summed E-state index contributed by atoms with van der Waals surface area (Å²) in [6.07, 6.45) is 1.11. The highest BCUT2D eigenvalue weighted by Crippen LogP contribution is 2.05. The van der Waals surface area contributed by atoms with E-state index in [1.165, 1.54) is 7.11 Å². The van der Waals surface area contributed by atoms with E-state index in [0.717, 1.165) is 38.3 Å². The molecule has 0 unspecified atom stereocenters. The highest BCUT2D eigenvalue weighted by molar-refractivity contribution is 5.89. The number of carbonyl (C=O) groups excluding carboxylic acids is 1. The molecule has 1 aromatic rings. The summed E-state index contributed by atoms with van der Waals surface area (Å²) in [6, 6.07) is 7.42. The van der Waals surface area contributed by atoms with Gasteiger partial charge in [0, 0.05) is 19.7 Å². The lowest BCUT2D eigenvalue weighted by Gasteiger charge is -2.08. The first-order valence-electron chi connectivity index (χ1n) is 7.09. The van der Waals surface area contributed by atoms with Gasteiger partial charge in [0.2, 0.25) is 0 Å². The number of nitrogens with one attached hydrogen (secondary N) is 1. The topological polar surface area (TPSA) is 47.6 Å². The van der Waals surface area contributed by atoms with Gasteiger partial charge in [-0.2, -0.15) is 0 Å². The van der Waals surface area contributed by atoms with E-state index in [0.29, 0.717) is 11.5 Å². The summed E-state index contributed by atoms with van der Waals surface area (Å²) in [5.74, 6) is 0.388.